The van der Waals surface area contributed by atoms with Crippen molar-refractivity contribution in [3.63, 3.8) is 0 Å². The Balaban J connectivity index is 1.80. The van der Waals surface area contributed by atoms with E-state index in [2.05, 4.69) is 31.5 Å². The molecule has 0 saturated heterocycles. The molecule has 2 N–H and O–H groups in total. The van der Waals surface area contributed by atoms with E-state index in [9.17, 15) is 5.11 Å². The lowest BCUT2D eigenvalue weighted by molar-refractivity contribution is 0.0999. The van der Waals surface area contributed by atoms with Gasteiger partial charge in [-0.1, -0.05) is 0 Å². The van der Waals surface area contributed by atoms with Crippen molar-refractivity contribution in [3.8, 4) is 5.75 Å². The molecule has 1 aromatic heterocycles. The second-order valence-electron chi connectivity index (χ2n) is 5.90. The molecule has 0 spiro atoms. The van der Waals surface area contributed by atoms with Crippen molar-refractivity contribution in [2.45, 2.75) is 44.6 Å². The Hall–Kier alpha value is -0.230. The molecule has 108 valence electrons. The number of hydrogen-bond donors (Lipinski definition) is 2. The van der Waals surface area contributed by atoms with Crippen molar-refractivity contribution in [3.05, 3.63) is 15.8 Å². The summed E-state index contributed by atoms with van der Waals surface area (Å²) in [6, 6.07) is 0. The van der Waals surface area contributed by atoms with Gasteiger partial charge in [0.05, 0.1) is 0 Å². The Morgan fingerprint density at radius 1 is 1.47 bits per heavy atom. The highest BCUT2D eigenvalue weighted by Crippen LogP contribution is 2.37. The van der Waals surface area contributed by atoms with Gasteiger partial charge in [-0.3, -0.25) is 0 Å². The molecule has 1 unspecified atom stereocenters. The van der Waals surface area contributed by atoms with Crippen LogP contribution in [0.1, 0.15) is 31.2 Å². The summed E-state index contributed by atoms with van der Waals surface area (Å²) in [4.78, 5) is 1.45. The minimum Gasteiger partial charge on any atom is -0.490 e. The number of rotatable bonds is 5. The van der Waals surface area contributed by atoms with Gasteiger partial charge in [-0.15, -0.1) is 11.3 Å². The first-order valence-electron chi connectivity index (χ1n) is 6.68. The van der Waals surface area contributed by atoms with E-state index in [1.54, 1.807) is 11.3 Å². The number of ether oxygens (including phenoxy) is 1. The van der Waals surface area contributed by atoms with Gasteiger partial charge >= 0.3 is 0 Å². The lowest BCUT2D eigenvalue weighted by atomic mass is 10.1. The van der Waals surface area contributed by atoms with Gasteiger partial charge in [-0.25, -0.2) is 0 Å². The van der Waals surface area contributed by atoms with E-state index in [4.69, 9.17) is 4.74 Å². The molecular formula is C14H23NO2S2. The fraction of sp³-hybridized carbons (Fsp3) is 0.714. The van der Waals surface area contributed by atoms with Gasteiger partial charge in [0.15, 0.2) is 0 Å². The SMILES string of the molecule is CC(C)(C)NCC(O)COc1csc2c1CSCC2. The van der Waals surface area contributed by atoms with Crippen LogP contribution in [0, 0.1) is 0 Å². The standard InChI is InChI=1S/C14H23NO2S2/c1-14(2,3)15-6-10(16)7-17-12-9-19-13-4-5-18-8-11(12)13/h9-10,15-16H,4-8H2,1-3H3. The normalized spacial score (nSPS) is 17.1. The van der Waals surface area contributed by atoms with Gasteiger partial charge in [0, 0.05) is 33.7 Å². The molecule has 19 heavy (non-hydrogen) atoms. The number of aliphatic hydroxyl groups is 1. The van der Waals surface area contributed by atoms with Gasteiger partial charge in [0.2, 0.25) is 0 Å². The second-order valence-corrected chi connectivity index (χ2v) is 7.97. The summed E-state index contributed by atoms with van der Waals surface area (Å²) in [7, 11) is 0. The minimum atomic E-state index is -0.467. The molecule has 2 heterocycles. The van der Waals surface area contributed by atoms with Crippen molar-refractivity contribution in [2.24, 2.45) is 0 Å². The average molecular weight is 301 g/mol. The summed E-state index contributed by atoms with van der Waals surface area (Å²) < 4.78 is 5.78. The molecule has 3 nitrogen and oxygen atoms in total. The molecule has 0 radical (unpaired) electrons. The van der Waals surface area contributed by atoms with Crippen molar-refractivity contribution < 1.29 is 9.84 Å². The van der Waals surface area contributed by atoms with Crippen LogP contribution in [-0.2, 0) is 12.2 Å². The Bertz CT molecular complexity index is 412. The fourth-order valence-corrected chi connectivity index (χ4v) is 4.12. The van der Waals surface area contributed by atoms with E-state index in [1.165, 1.54) is 16.2 Å². The quantitative estimate of drug-likeness (QED) is 0.877. The molecule has 0 amide bonds. The van der Waals surface area contributed by atoms with Crippen molar-refractivity contribution >= 4 is 23.1 Å². The van der Waals surface area contributed by atoms with Crippen LogP contribution in [0.3, 0.4) is 0 Å². The zero-order valence-electron chi connectivity index (χ0n) is 11.9. The third-order valence-electron chi connectivity index (χ3n) is 2.96. The van der Waals surface area contributed by atoms with Crippen LogP contribution in [-0.4, -0.2) is 35.7 Å². The van der Waals surface area contributed by atoms with Crippen LogP contribution in [0.4, 0.5) is 0 Å². The average Bonchev–Trinajstić information content (AvgIpc) is 2.76. The Labute approximate surface area is 123 Å². The van der Waals surface area contributed by atoms with E-state index in [-0.39, 0.29) is 5.54 Å². The summed E-state index contributed by atoms with van der Waals surface area (Å²) in [6.45, 7) is 7.19. The maximum atomic E-state index is 9.93. The topological polar surface area (TPSA) is 41.5 Å². The number of β-amino-alcohol motifs (C(OH)–C–C–N with tert-alkyl or cyclic N) is 1. The second kappa shape index (κ2) is 6.48. The fourth-order valence-electron chi connectivity index (χ4n) is 1.89. The summed E-state index contributed by atoms with van der Waals surface area (Å²) in [5.74, 6) is 3.23. The van der Waals surface area contributed by atoms with Gasteiger partial charge in [-0.05, 0) is 32.9 Å². The zero-order valence-corrected chi connectivity index (χ0v) is 13.5. The molecule has 1 atom stereocenters. The van der Waals surface area contributed by atoms with E-state index in [0.717, 1.165) is 17.9 Å². The maximum Gasteiger partial charge on any atom is 0.134 e. The lowest BCUT2D eigenvalue weighted by Crippen LogP contribution is -2.42. The first kappa shape index (κ1) is 15.2. The minimum absolute atomic E-state index is 0.0269. The summed E-state index contributed by atoms with van der Waals surface area (Å²) in [6.07, 6.45) is 0.688. The van der Waals surface area contributed by atoms with E-state index >= 15 is 0 Å². The van der Waals surface area contributed by atoms with E-state index in [0.29, 0.717) is 13.2 Å². The molecule has 1 aliphatic heterocycles. The molecular weight excluding hydrogens is 278 g/mol. The maximum absolute atomic E-state index is 9.93. The molecule has 0 saturated carbocycles. The Morgan fingerprint density at radius 3 is 3.00 bits per heavy atom. The monoisotopic (exact) mass is 301 g/mol. The van der Waals surface area contributed by atoms with Crippen molar-refractivity contribution in [1.29, 1.82) is 0 Å². The number of fused-ring (bicyclic) bond motifs is 1. The van der Waals surface area contributed by atoms with Crippen LogP contribution < -0.4 is 10.1 Å². The van der Waals surface area contributed by atoms with Crippen LogP contribution in [0.5, 0.6) is 5.75 Å². The van der Waals surface area contributed by atoms with Crippen molar-refractivity contribution in [1.82, 2.24) is 5.32 Å². The number of thiophene rings is 1. The number of hydrogen-bond acceptors (Lipinski definition) is 5. The predicted octanol–water partition coefficient (Wildman–Crippen LogP) is 2.67. The molecule has 2 rings (SSSR count). The third-order valence-corrected chi connectivity index (χ3v) is 5.01. The molecule has 0 fully saturated rings. The lowest BCUT2D eigenvalue weighted by Gasteiger charge is -2.23. The highest BCUT2D eigenvalue weighted by atomic mass is 32.2. The summed E-state index contributed by atoms with van der Waals surface area (Å²) in [5, 5.41) is 15.3. The van der Waals surface area contributed by atoms with E-state index < -0.39 is 6.10 Å². The molecule has 1 aromatic rings. The van der Waals surface area contributed by atoms with Gasteiger partial charge in [-0.2, -0.15) is 11.8 Å². The first-order chi connectivity index (χ1) is 8.96. The smallest absolute Gasteiger partial charge is 0.134 e. The van der Waals surface area contributed by atoms with Crippen molar-refractivity contribution in [2.75, 3.05) is 18.9 Å². The number of nitrogens with one attached hydrogen (secondary N) is 1. The zero-order chi connectivity index (χ0) is 13.9. The van der Waals surface area contributed by atoms with E-state index in [1.807, 2.05) is 11.8 Å². The Kier molecular flexibility index (Phi) is 5.17. The number of aliphatic hydroxyl groups excluding tert-OH is 1. The molecule has 0 aromatic carbocycles. The summed E-state index contributed by atoms with van der Waals surface area (Å²) >= 11 is 3.74. The van der Waals surface area contributed by atoms with Gasteiger partial charge < -0.3 is 15.2 Å². The highest BCUT2D eigenvalue weighted by Gasteiger charge is 2.18. The number of thioether (sulfide) groups is 1. The Morgan fingerprint density at radius 2 is 2.26 bits per heavy atom. The molecule has 5 heteroatoms. The molecule has 1 aliphatic rings. The largest absolute Gasteiger partial charge is 0.490 e. The van der Waals surface area contributed by atoms with Crippen LogP contribution in [0.25, 0.3) is 0 Å². The summed E-state index contributed by atoms with van der Waals surface area (Å²) in [5.41, 5.74) is 1.37. The van der Waals surface area contributed by atoms with Gasteiger partial charge in [0.1, 0.15) is 18.5 Å². The number of aryl methyl sites for hydroxylation is 1. The first-order valence-corrected chi connectivity index (χ1v) is 8.72. The molecule has 0 bridgehead atoms. The van der Waals surface area contributed by atoms with Crippen LogP contribution in [0.15, 0.2) is 5.38 Å². The third kappa shape index (κ3) is 4.67. The van der Waals surface area contributed by atoms with Crippen LogP contribution >= 0.6 is 23.1 Å². The highest BCUT2D eigenvalue weighted by molar-refractivity contribution is 7.98. The van der Waals surface area contributed by atoms with Crippen LogP contribution in [0.2, 0.25) is 0 Å². The predicted molar refractivity (Wildman–Crippen MR) is 83.4 cm³/mol. The van der Waals surface area contributed by atoms with Gasteiger partial charge in [0.25, 0.3) is 0 Å². The molecule has 0 aliphatic carbocycles.